The van der Waals surface area contributed by atoms with Crippen molar-refractivity contribution in [3.8, 4) is 0 Å². The molecule has 128 valence electrons. The molecule has 1 aliphatic rings. The summed E-state index contributed by atoms with van der Waals surface area (Å²) in [5, 5.41) is 9.96. The first-order chi connectivity index (χ1) is 11.5. The predicted molar refractivity (Wildman–Crippen MR) is 92.9 cm³/mol. The van der Waals surface area contributed by atoms with Crippen LogP contribution in [0, 0.1) is 6.92 Å². The zero-order valence-corrected chi connectivity index (χ0v) is 14.6. The summed E-state index contributed by atoms with van der Waals surface area (Å²) in [5.74, 6) is 0. The number of rotatable bonds is 2. The van der Waals surface area contributed by atoms with Gasteiger partial charge in [-0.15, -0.1) is 0 Å². The van der Waals surface area contributed by atoms with E-state index in [1.165, 1.54) is 6.33 Å². The highest BCUT2D eigenvalue weighted by molar-refractivity contribution is 6.36. The van der Waals surface area contributed by atoms with Crippen molar-refractivity contribution in [2.45, 2.75) is 25.8 Å². The summed E-state index contributed by atoms with van der Waals surface area (Å²) in [6.45, 7) is 2.93. The molecule has 2 aromatic rings. The molecular formula is C15H17Cl2N5O2. The Morgan fingerprint density at radius 2 is 1.92 bits per heavy atom. The molecule has 9 heteroatoms. The minimum atomic E-state index is -0.221. The highest BCUT2D eigenvalue weighted by Gasteiger charge is 2.25. The summed E-state index contributed by atoms with van der Waals surface area (Å²) in [4.78, 5) is 25.7. The van der Waals surface area contributed by atoms with Crippen molar-refractivity contribution >= 4 is 34.9 Å². The molecule has 7 nitrogen and oxygen atoms in total. The first-order valence-corrected chi connectivity index (χ1v) is 8.34. The van der Waals surface area contributed by atoms with Crippen LogP contribution in [0.25, 0.3) is 0 Å². The van der Waals surface area contributed by atoms with E-state index in [0.717, 1.165) is 5.56 Å². The number of hydrogen-bond acceptors (Lipinski definition) is 3. The largest absolute Gasteiger partial charge is 0.343 e. The molecular weight excluding hydrogens is 353 g/mol. The lowest BCUT2D eigenvalue weighted by Crippen LogP contribution is -2.42. The third kappa shape index (κ3) is 3.42. The number of urea groups is 1. The fourth-order valence-electron chi connectivity index (χ4n) is 2.78. The summed E-state index contributed by atoms with van der Waals surface area (Å²) in [5.41, 5.74) is 1.12. The Balaban J connectivity index is 1.61. The molecule has 0 unspecified atom stereocenters. The van der Waals surface area contributed by atoms with Crippen LogP contribution in [0.1, 0.15) is 24.4 Å². The van der Waals surface area contributed by atoms with E-state index in [2.05, 4.69) is 15.5 Å². The van der Waals surface area contributed by atoms with Crippen LogP contribution in [-0.2, 0) is 0 Å². The van der Waals surface area contributed by atoms with Crippen molar-refractivity contribution < 1.29 is 4.79 Å². The number of nitrogens with one attached hydrogen (secondary N) is 2. The molecule has 2 N–H and O–H groups in total. The predicted octanol–water partition coefficient (Wildman–Crippen LogP) is 3.06. The van der Waals surface area contributed by atoms with Gasteiger partial charge < -0.3 is 10.2 Å². The van der Waals surface area contributed by atoms with Gasteiger partial charge in [0, 0.05) is 34.9 Å². The maximum absolute atomic E-state index is 12.4. The minimum absolute atomic E-state index is 0.0589. The van der Waals surface area contributed by atoms with Crippen molar-refractivity contribution in [3.05, 3.63) is 44.6 Å². The Bertz CT molecular complexity index is 785. The van der Waals surface area contributed by atoms with Gasteiger partial charge in [-0.2, -0.15) is 5.10 Å². The highest BCUT2D eigenvalue weighted by atomic mass is 35.5. The van der Waals surface area contributed by atoms with Gasteiger partial charge in [0.1, 0.15) is 6.33 Å². The minimum Gasteiger partial charge on any atom is -0.324 e. The third-order valence-corrected chi connectivity index (χ3v) is 5.04. The molecule has 24 heavy (non-hydrogen) atoms. The quantitative estimate of drug-likeness (QED) is 0.852. The lowest BCUT2D eigenvalue weighted by atomic mass is 10.1. The molecule has 1 saturated heterocycles. The lowest BCUT2D eigenvalue weighted by Gasteiger charge is -2.32. The van der Waals surface area contributed by atoms with E-state index >= 15 is 0 Å². The average Bonchev–Trinajstić information content (AvgIpc) is 2.98. The van der Waals surface area contributed by atoms with Crippen LogP contribution in [0.2, 0.25) is 10.0 Å². The van der Waals surface area contributed by atoms with E-state index in [1.54, 1.807) is 21.6 Å². The molecule has 2 amide bonds. The Kier molecular flexibility index (Phi) is 4.82. The monoisotopic (exact) mass is 369 g/mol. The standard InChI is InChI=1S/C15H17Cl2N5O2/c1-9-12(16)6-10(7-13(9)17)19-14(23)21-4-2-11(3-5-21)22-8-18-20-15(22)24/h6-8,11H,2-5H2,1H3,(H,19,23)(H,20,24). The topological polar surface area (TPSA) is 83.0 Å². The molecule has 0 atom stereocenters. The van der Waals surface area contributed by atoms with Gasteiger partial charge in [-0.05, 0) is 37.5 Å². The Labute approximate surface area is 148 Å². The van der Waals surface area contributed by atoms with Crippen LogP contribution in [0.15, 0.2) is 23.3 Å². The summed E-state index contributed by atoms with van der Waals surface area (Å²) in [7, 11) is 0. The fourth-order valence-corrected chi connectivity index (χ4v) is 3.27. The highest BCUT2D eigenvalue weighted by Crippen LogP contribution is 2.28. The second-order valence-corrected chi connectivity index (χ2v) is 6.60. The molecule has 1 aromatic carbocycles. The molecule has 0 aliphatic carbocycles. The van der Waals surface area contributed by atoms with E-state index < -0.39 is 0 Å². The second kappa shape index (κ2) is 6.86. The number of H-pyrrole nitrogens is 1. The third-order valence-electron chi connectivity index (χ3n) is 4.25. The van der Waals surface area contributed by atoms with Gasteiger partial charge in [0.25, 0.3) is 0 Å². The number of piperidine rings is 1. The molecule has 3 rings (SSSR count). The van der Waals surface area contributed by atoms with E-state index in [1.807, 2.05) is 6.92 Å². The molecule has 2 heterocycles. The zero-order chi connectivity index (χ0) is 17.3. The SMILES string of the molecule is Cc1c(Cl)cc(NC(=O)N2CCC(n3cn[nH]c3=O)CC2)cc1Cl. The Hall–Kier alpha value is -1.99. The summed E-state index contributed by atoms with van der Waals surface area (Å²) in [6, 6.07) is 3.21. The number of benzene rings is 1. The molecule has 0 radical (unpaired) electrons. The smallest absolute Gasteiger partial charge is 0.324 e. The zero-order valence-electron chi connectivity index (χ0n) is 13.1. The number of hydrogen-bond donors (Lipinski definition) is 2. The van der Waals surface area contributed by atoms with Gasteiger partial charge in [-0.1, -0.05) is 23.2 Å². The van der Waals surface area contributed by atoms with Crippen molar-refractivity contribution in [1.29, 1.82) is 0 Å². The van der Waals surface area contributed by atoms with Crippen LogP contribution in [0.4, 0.5) is 10.5 Å². The van der Waals surface area contributed by atoms with E-state index in [9.17, 15) is 9.59 Å². The number of likely N-dealkylation sites (tertiary alicyclic amines) is 1. The summed E-state index contributed by atoms with van der Waals surface area (Å²) in [6.07, 6.45) is 2.89. The van der Waals surface area contributed by atoms with Crippen molar-refractivity contribution in [3.63, 3.8) is 0 Å². The first kappa shape index (κ1) is 16.9. The van der Waals surface area contributed by atoms with Gasteiger partial charge in [0.15, 0.2) is 0 Å². The normalized spacial score (nSPS) is 15.5. The Morgan fingerprint density at radius 1 is 1.29 bits per heavy atom. The second-order valence-electron chi connectivity index (χ2n) is 5.78. The average molecular weight is 370 g/mol. The van der Waals surface area contributed by atoms with Gasteiger partial charge in [-0.3, -0.25) is 4.57 Å². The number of anilines is 1. The summed E-state index contributed by atoms with van der Waals surface area (Å²) < 4.78 is 1.58. The lowest BCUT2D eigenvalue weighted by molar-refractivity contribution is 0.183. The molecule has 0 bridgehead atoms. The van der Waals surface area contributed by atoms with Crippen molar-refractivity contribution in [2.24, 2.45) is 0 Å². The molecule has 1 aromatic heterocycles. The van der Waals surface area contributed by atoms with E-state index in [0.29, 0.717) is 41.7 Å². The van der Waals surface area contributed by atoms with Gasteiger partial charge in [-0.25, -0.2) is 14.7 Å². The number of carbonyl (C=O) groups excluding carboxylic acids is 1. The van der Waals surface area contributed by atoms with Crippen LogP contribution in [0.5, 0.6) is 0 Å². The maximum atomic E-state index is 12.4. The summed E-state index contributed by atoms with van der Waals surface area (Å²) >= 11 is 12.2. The van der Waals surface area contributed by atoms with Gasteiger partial charge >= 0.3 is 11.7 Å². The number of carbonyl (C=O) groups is 1. The van der Waals surface area contributed by atoms with Crippen LogP contribution in [-0.4, -0.2) is 38.8 Å². The van der Waals surface area contributed by atoms with E-state index in [4.69, 9.17) is 23.2 Å². The fraction of sp³-hybridized carbons (Fsp3) is 0.400. The first-order valence-electron chi connectivity index (χ1n) is 7.59. The number of aromatic amines is 1. The van der Waals surface area contributed by atoms with Crippen molar-refractivity contribution in [1.82, 2.24) is 19.7 Å². The molecule has 0 saturated carbocycles. The number of nitrogens with zero attached hydrogens (tertiary/aromatic N) is 3. The van der Waals surface area contributed by atoms with Gasteiger partial charge in [0.2, 0.25) is 0 Å². The van der Waals surface area contributed by atoms with Crippen LogP contribution < -0.4 is 11.0 Å². The van der Waals surface area contributed by atoms with Crippen molar-refractivity contribution in [2.75, 3.05) is 18.4 Å². The Morgan fingerprint density at radius 3 is 2.46 bits per heavy atom. The molecule has 1 fully saturated rings. The van der Waals surface area contributed by atoms with Crippen LogP contribution in [0.3, 0.4) is 0 Å². The van der Waals surface area contributed by atoms with Crippen LogP contribution >= 0.6 is 23.2 Å². The molecule has 0 spiro atoms. The molecule has 1 aliphatic heterocycles. The van der Waals surface area contributed by atoms with Gasteiger partial charge in [0.05, 0.1) is 0 Å². The maximum Gasteiger partial charge on any atom is 0.343 e. The number of halogens is 2. The number of aromatic nitrogens is 3. The number of amides is 2. The van der Waals surface area contributed by atoms with E-state index in [-0.39, 0.29) is 17.8 Å².